The predicted molar refractivity (Wildman–Crippen MR) is 85.4 cm³/mol. The maximum Gasteiger partial charge on any atom is 0.257 e. The predicted octanol–water partition coefficient (Wildman–Crippen LogP) is 1.21. The first-order valence-electron chi connectivity index (χ1n) is 8.58. The van der Waals surface area contributed by atoms with Crippen LogP contribution in [0.15, 0.2) is 6.20 Å². The first-order chi connectivity index (χ1) is 11.1. The smallest absolute Gasteiger partial charge is 0.257 e. The first-order valence-corrected chi connectivity index (χ1v) is 8.58. The van der Waals surface area contributed by atoms with E-state index in [-0.39, 0.29) is 18.1 Å². The standard InChI is InChI=1S/C17H24N4O2/c1-11-18-9-13(16(19-11)12-3-4-12)17(22)21-7-8-23-15-5-6-20(2)10-14(15)21/h9,12,14-15H,3-8,10H2,1-2H3/t14-,15-/m1/s1. The molecule has 3 fully saturated rings. The number of ether oxygens (including phenoxy) is 1. The lowest BCUT2D eigenvalue weighted by molar-refractivity contribution is -0.0870. The molecule has 124 valence electrons. The molecule has 6 nitrogen and oxygen atoms in total. The van der Waals surface area contributed by atoms with Crippen LogP contribution in [0.2, 0.25) is 0 Å². The van der Waals surface area contributed by atoms with Gasteiger partial charge in [0.05, 0.1) is 30.0 Å². The van der Waals surface area contributed by atoms with Crippen LogP contribution in [0.4, 0.5) is 0 Å². The molecule has 1 aliphatic carbocycles. The molecule has 2 saturated heterocycles. The van der Waals surface area contributed by atoms with E-state index in [1.165, 1.54) is 0 Å². The van der Waals surface area contributed by atoms with Crippen LogP contribution in [-0.4, -0.2) is 71.1 Å². The van der Waals surface area contributed by atoms with Crippen molar-refractivity contribution in [1.82, 2.24) is 19.8 Å². The molecule has 0 unspecified atom stereocenters. The molecule has 4 rings (SSSR count). The van der Waals surface area contributed by atoms with E-state index >= 15 is 0 Å². The van der Waals surface area contributed by atoms with Gasteiger partial charge in [-0.2, -0.15) is 0 Å². The molecule has 2 atom stereocenters. The Kier molecular flexibility index (Phi) is 3.81. The van der Waals surface area contributed by atoms with Gasteiger partial charge in [0.15, 0.2) is 0 Å². The van der Waals surface area contributed by atoms with E-state index in [4.69, 9.17) is 4.74 Å². The molecular formula is C17H24N4O2. The molecule has 1 aromatic rings. The number of fused-ring (bicyclic) bond motifs is 1. The van der Waals surface area contributed by atoms with Crippen LogP contribution < -0.4 is 0 Å². The second-order valence-corrected chi connectivity index (χ2v) is 7.02. The molecule has 6 heteroatoms. The SMILES string of the molecule is Cc1ncc(C(=O)N2CCO[C@@H]3CCN(C)C[C@H]32)c(C2CC2)n1. The summed E-state index contributed by atoms with van der Waals surface area (Å²) in [7, 11) is 2.11. The summed E-state index contributed by atoms with van der Waals surface area (Å²) in [6, 6.07) is 0.142. The molecule has 1 aromatic heterocycles. The molecule has 0 bridgehead atoms. The van der Waals surface area contributed by atoms with Crippen LogP contribution in [0.25, 0.3) is 0 Å². The fourth-order valence-electron chi connectivity index (χ4n) is 3.76. The molecular weight excluding hydrogens is 292 g/mol. The van der Waals surface area contributed by atoms with Gasteiger partial charge in [-0.1, -0.05) is 0 Å². The molecule has 0 aromatic carbocycles. The Bertz CT molecular complexity index is 617. The molecule has 3 aliphatic rings. The van der Waals surface area contributed by atoms with Crippen molar-refractivity contribution in [2.75, 3.05) is 33.3 Å². The first kappa shape index (κ1) is 15.0. The van der Waals surface area contributed by atoms with Gasteiger partial charge < -0.3 is 14.5 Å². The van der Waals surface area contributed by atoms with E-state index < -0.39 is 0 Å². The number of likely N-dealkylation sites (N-methyl/N-ethyl adjacent to an activating group) is 1. The topological polar surface area (TPSA) is 58.6 Å². The van der Waals surface area contributed by atoms with Gasteiger partial charge in [0, 0.05) is 31.7 Å². The van der Waals surface area contributed by atoms with Crippen LogP contribution in [0, 0.1) is 6.92 Å². The van der Waals surface area contributed by atoms with Gasteiger partial charge in [-0.3, -0.25) is 4.79 Å². The molecule has 0 radical (unpaired) electrons. The molecule has 23 heavy (non-hydrogen) atoms. The van der Waals surface area contributed by atoms with Crippen LogP contribution in [0.1, 0.15) is 47.1 Å². The number of likely N-dealkylation sites (tertiary alicyclic amines) is 1. The van der Waals surface area contributed by atoms with Crippen molar-refractivity contribution in [3.8, 4) is 0 Å². The second-order valence-electron chi connectivity index (χ2n) is 7.02. The summed E-state index contributed by atoms with van der Waals surface area (Å²) in [5, 5.41) is 0. The average Bonchev–Trinajstić information content (AvgIpc) is 3.38. The Labute approximate surface area is 136 Å². The maximum atomic E-state index is 13.2. The van der Waals surface area contributed by atoms with Crippen LogP contribution in [0.5, 0.6) is 0 Å². The lowest BCUT2D eigenvalue weighted by atomic mass is 9.98. The fraction of sp³-hybridized carbons (Fsp3) is 0.706. The zero-order valence-corrected chi connectivity index (χ0v) is 13.9. The lowest BCUT2D eigenvalue weighted by Crippen LogP contribution is -2.60. The van der Waals surface area contributed by atoms with Crippen molar-refractivity contribution < 1.29 is 9.53 Å². The summed E-state index contributed by atoms with van der Waals surface area (Å²) >= 11 is 0. The lowest BCUT2D eigenvalue weighted by Gasteiger charge is -2.46. The summed E-state index contributed by atoms with van der Waals surface area (Å²) in [6.45, 7) is 5.08. The highest BCUT2D eigenvalue weighted by atomic mass is 16.5. The third kappa shape index (κ3) is 2.85. The van der Waals surface area contributed by atoms with Crippen molar-refractivity contribution >= 4 is 5.91 Å². The summed E-state index contributed by atoms with van der Waals surface area (Å²) in [6.07, 6.45) is 5.16. The number of carbonyl (C=O) groups excluding carboxylic acids is 1. The van der Waals surface area contributed by atoms with Crippen molar-refractivity contribution in [2.24, 2.45) is 0 Å². The summed E-state index contributed by atoms with van der Waals surface area (Å²) in [5.74, 6) is 1.28. The van der Waals surface area contributed by atoms with Crippen LogP contribution in [0.3, 0.4) is 0 Å². The van der Waals surface area contributed by atoms with Crippen molar-refractivity contribution in [3.63, 3.8) is 0 Å². The van der Waals surface area contributed by atoms with E-state index in [1.54, 1.807) is 6.20 Å². The van der Waals surface area contributed by atoms with E-state index in [2.05, 4.69) is 21.9 Å². The highest BCUT2D eigenvalue weighted by molar-refractivity contribution is 5.95. The number of aromatic nitrogens is 2. The number of aryl methyl sites for hydroxylation is 1. The minimum Gasteiger partial charge on any atom is -0.374 e. The van der Waals surface area contributed by atoms with Gasteiger partial charge in [-0.25, -0.2) is 9.97 Å². The number of amides is 1. The minimum absolute atomic E-state index is 0.0838. The third-order valence-corrected chi connectivity index (χ3v) is 5.18. The zero-order valence-electron chi connectivity index (χ0n) is 13.9. The van der Waals surface area contributed by atoms with Gasteiger partial charge in [-0.15, -0.1) is 0 Å². The Morgan fingerprint density at radius 2 is 2.13 bits per heavy atom. The van der Waals surface area contributed by atoms with Gasteiger partial charge in [0.1, 0.15) is 5.82 Å². The van der Waals surface area contributed by atoms with Gasteiger partial charge in [0.25, 0.3) is 5.91 Å². The summed E-state index contributed by atoms with van der Waals surface area (Å²) < 4.78 is 5.90. The number of piperidine rings is 1. The highest BCUT2D eigenvalue weighted by Gasteiger charge is 2.40. The van der Waals surface area contributed by atoms with E-state index in [1.807, 2.05) is 11.8 Å². The Morgan fingerprint density at radius 3 is 2.91 bits per heavy atom. The molecule has 3 heterocycles. The van der Waals surface area contributed by atoms with Crippen molar-refractivity contribution in [3.05, 3.63) is 23.3 Å². The number of hydrogen-bond acceptors (Lipinski definition) is 5. The third-order valence-electron chi connectivity index (χ3n) is 5.18. The zero-order chi connectivity index (χ0) is 16.0. The van der Waals surface area contributed by atoms with E-state index in [9.17, 15) is 4.79 Å². The summed E-state index contributed by atoms with van der Waals surface area (Å²) in [4.78, 5) is 26.3. The maximum absolute atomic E-state index is 13.2. The number of carbonyl (C=O) groups is 1. The molecule has 1 saturated carbocycles. The van der Waals surface area contributed by atoms with E-state index in [0.717, 1.165) is 43.9 Å². The number of rotatable bonds is 2. The minimum atomic E-state index is 0.0838. The van der Waals surface area contributed by atoms with Gasteiger partial charge >= 0.3 is 0 Å². The number of hydrogen-bond donors (Lipinski definition) is 0. The Hall–Kier alpha value is -1.53. The van der Waals surface area contributed by atoms with Crippen molar-refractivity contribution in [1.29, 1.82) is 0 Å². The fourth-order valence-corrected chi connectivity index (χ4v) is 3.76. The number of nitrogens with zero attached hydrogens (tertiary/aromatic N) is 4. The monoisotopic (exact) mass is 316 g/mol. The quantitative estimate of drug-likeness (QED) is 0.821. The van der Waals surface area contributed by atoms with Crippen LogP contribution >= 0.6 is 0 Å². The largest absolute Gasteiger partial charge is 0.374 e. The summed E-state index contributed by atoms with van der Waals surface area (Å²) in [5.41, 5.74) is 1.65. The highest BCUT2D eigenvalue weighted by Crippen LogP contribution is 2.41. The Balaban J connectivity index is 1.63. The average molecular weight is 316 g/mol. The van der Waals surface area contributed by atoms with Crippen LogP contribution in [-0.2, 0) is 4.74 Å². The normalized spacial score (nSPS) is 28.5. The van der Waals surface area contributed by atoms with Gasteiger partial charge in [-0.05, 0) is 33.2 Å². The van der Waals surface area contributed by atoms with E-state index in [0.29, 0.717) is 24.6 Å². The molecule has 2 aliphatic heterocycles. The number of morpholine rings is 1. The van der Waals surface area contributed by atoms with Gasteiger partial charge in [0.2, 0.25) is 0 Å². The van der Waals surface area contributed by atoms with Crippen molar-refractivity contribution in [2.45, 2.75) is 44.2 Å². The Morgan fingerprint density at radius 1 is 1.30 bits per heavy atom. The molecule has 0 spiro atoms. The second kappa shape index (κ2) is 5.83. The molecule has 1 amide bonds. The molecule has 0 N–H and O–H groups in total.